The van der Waals surface area contributed by atoms with Gasteiger partial charge < -0.3 is 26.4 Å². The second-order valence-corrected chi connectivity index (χ2v) is 11.6. The van der Waals surface area contributed by atoms with Crippen LogP contribution in [0.4, 0.5) is 21.9 Å². The topological polar surface area (TPSA) is 157 Å². The Morgan fingerprint density at radius 1 is 0.915 bits per heavy atom. The Bertz CT molecular complexity index is 1860. The SMILES string of the molecule is CC(C)C(C(N)=O)(c1ccc(N(C)C)cc1)N1C(=O)C(NC(=O)Nc2cccc(C(=O)O)c2)N=C(c2ccccc2)c2ccccc21. The third kappa shape index (κ3) is 6.15. The highest BCUT2D eigenvalue weighted by molar-refractivity contribution is 6.21. The van der Waals surface area contributed by atoms with Crippen molar-refractivity contribution < 1.29 is 24.3 Å². The average Bonchev–Trinajstić information content (AvgIpc) is 3.16. The number of para-hydroxylation sites is 1. The number of nitrogens with one attached hydrogen (secondary N) is 2. The number of hydrogen-bond acceptors (Lipinski definition) is 6. The summed E-state index contributed by atoms with van der Waals surface area (Å²) in [4.78, 5) is 61.8. The number of anilines is 3. The molecule has 0 aliphatic carbocycles. The summed E-state index contributed by atoms with van der Waals surface area (Å²) in [5.74, 6) is -3.14. The molecule has 2 atom stereocenters. The number of carbonyl (C=O) groups excluding carboxylic acids is 3. The molecule has 1 aliphatic heterocycles. The molecule has 11 nitrogen and oxygen atoms in total. The van der Waals surface area contributed by atoms with Crippen LogP contribution in [-0.4, -0.2) is 54.9 Å². The zero-order valence-electron chi connectivity index (χ0n) is 26.5. The second kappa shape index (κ2) is 13.2. The number of nitrogens with two attached hydrogens (primary N) is 1. The van der Waals surface area contributed by atoms with Gasteiger partial charge in [-0.1, -0.05) is 80.6 Å². The van der Waals surface area contributed by atoms with Crippen LogP contribution >= 0.6 is 0 Å². The van der Waals surface area contributed by atoms with Crippen molar-refractivity contribution in [2.24, 2.45) is 16.6 Å². The first-order chi connectivity index (χ1) is 22.4. The summed E-state index contributed by atoms with van der Waals surface area (Å²) in [7, 11) is 3.80. The number of carboxylic acids is 1. The summed E-state index contributed by atoms with van der Waals surface area (Å²) in [6, 6.07) is 28.5. The molecule has 0 fully saturated rings. The minimum atomic E-state index is -1.70. The van der Waals surface area contributed by atoms with Crippen LogP contribution in [0, 0.1) is 5.92 Å². The number of carboxylic acid groups (broad SMARTS) is 1. The maximum Gasteiger partial charge on any atom is 0.335 e. The number of fused-ring (bicyclic) bond motifs is 1. The molecule has 5 rings (SSSR count). The van der Waals surface area contributed by atoms with Gasteiger partial charge in [0, 0.05) is 36.6 Å². The van der Waals surface area contributed by atoms with Crippen molar-refractivity contribution in [2.75, 3.05) is 29.2 Å². The largest absolute Gasteiger partial charge is 0.478 e. The predicted octanol–water partition coefficient (Wildman–Crippen LogP) is 4.82. The first kappa shape index (κ1) is 32.4. The van der Waals surface area contributed by atoms with E-state index in [4.69, 9.17) is 10.7 Å². The zero-order chi connectivity index (χ0) is 33.9. The van der Waals surface area contributed by atoms with E-state index < -0.39 is 41.4 Å². The lowest BCUT2D eigenvalue weighted by atomic mass is 9.76. The molecule has 5 N–H and O–H groups in total. The number of hydrogen-bond donors (Lipinski definition) is 4. The molecule has 240 valence electrons. The molecular formula is C36H36N6O5. The first-order valence-corrected chi connectivity index (χ1v) is 15.0. The van der Waals surface area contributed by atoms with Gasteiger partial charge in [-0.25, -0.2) is 14.6 Å². The number of amides is 4. The maximum atomic E-state index is 14.9. The Balaban J connectivity index is 1.70. The molecule has 0 aromatic heterocycles. The number of urea groups is 1. The fraction of sp³-hybridized carbons (Fsp3) is 0.194. The van der Waals surface area contributed by atoms with Gasteiger partial charge in [-0.2, -0.15) is 0 Å². The monoisotopic (exact) mass is 632 g/mol. The van der Waals surface area contributed by atoms with Crippen molar-refractivity contribution in [3.05, 3.63) is 125 Å². The zero-order valence-corrected chi connectivity index (χ0v) is 26.5. The fourth-order valence-electron chi connectivity index (χ4n) is 5.94. The Morgan fingerprint density at radius 3 is 2.19 bits per heavy atom. The van der Waals surface area contributed by atoms with Crippen molar-refractivity contribution in [3.63, 3.8) is 0 Å². The van der Waals surface area contributed by atoms with Crippen molar-refractivity contribution in [3.8, 4) is 0 Å². The highest BCUT2D eigenvalue weighted by Crippen LogP contribution is 2.43. The van der Waals surface area contributed by atoms with E-state index in [-0.39, 0.29) is 11.3 Å². The molecule has 0 radical (unpaired) electrons. The van der Waals surface area contributed by atoms with Crippen LogP contribution in [0.5, 0.6) is 0 Å². The van der Waals surface area contributed by atoms with Crippen molar-refractivity contribution in [1.29, 1.82) is 0 Å². The normalized spacial score (nSPS) is 15.5. The predicted molar refractivity (Wildman–Crippen MR) is 182 cm³/mol. The third-order valence-corrected chi connectivity index (χ3v) is 8.18. The smallest absolute Gasteiger partial charge is 0.335 e. The van der Waals surface area contributed by atoms with Crippen LogP contribution in [0.15, 0.2) is 108 Å². The van der Waals surface area contributed by atoms with Gasteiger partial charge in [-0.3, -0.25) is 14.5 Å². The van der Waals surface area contributed by atoms with Gasteiger partial charge in [-0.15, -0.1) is 0 Å². The van der Waals surface area contributed by atoms with Gasteiger partial charge in [0.25, 0.3) is 5.91 Å². The van der Waals surface area contributed by atoms with Crippen LogP contribution in [0.1, 0.15) is 40.9 Å². The quantitative estimate of drug-likeness (QED) is 0.207. The van der Waals surface area contributed by atoms with Gasteiger partial charge in [0.05, 0.1) is 17.0 Å². The Kier molecular flexibility index (Phi) is 9.09. The number of carbonyl (C=O) groups is 4. The van der Waals surface area contributed by atoms with Crippen LogP contribution < -0.4 is 26.2 Å². The van der Waals surface area contributed by atoms with E-state index in [0.717, 1.165) is 5.69 Å². The van der Waals surface area contributed by atoms with Gasteiger partial charge in [0.2, 0.25) is 12.1 Å². The molecule has 4 aromatic rings. The standard InChI is InChI=1S/C36H36N6O5/c1-22(2)36(34(37)46,25-17-19-27(20-18-25)41(3)4)42-29-16-9-8-15-28(29)30(23-11-6-5-7-12-23)39-31(32(42)43)40-35(47)38-26-14-10-13-24(21-26)33(44)45/h5-22,31H,1-4H3,(H2,37,46)(H,44,45)(H2,38,40,47). The van der Waals surface area contributed by atoms with Gasteiger partial charge in [0.1, 0.15) is 0 Å². The Morgan fingerprint density at radius 2 is 1.57 bits per heavy atom. The highest BCUT2D eigenvalue weighted by Gasteiger charge is 2.53. The van der Waals surface area contributed by atoms with Crippen LogP contribution in [-0.2, 0) is 15.1 Å². The van der Waals surface area contributed by atoms with E-state index in [1.54, 1.807) is 24.3 Å². The molecule has 0 saturated carbocycles. The third-order valence-electron chi connectivity index (χ3n) is 8.18. The van der Waals surface area contributed by atoms with Crippen molar-refractivity contribution in [1.82, 2.24) is 5.32 Å². The van der Waals surface area contributed by atoms with E-state index in [9.17, 15) is 24.3 Å². The van der Waals surface area contributed by atoms with E-state index in [1.807, 2.05) is 87.4 Å². The van der Waals surface area contributed by atoms with E-state index in [2.05, 4.69) is 10.6 Å². The minimum Gasteiger partial charge on any atom is -0.478 e. The number of primary amides is 1. The molecular weight excluding hydrogens is 596 g/mol. The summed E-state index contributed by atoms with van der Waals surface area (Å²) < 4.78 is 0. The fourth-order valence-corrected chi connectivity index (χ4v) is 5.94. The van der Waals surface area contributed by atoms with Gasteiger partial charge in [-0.05, 0) is 47.9 Å². The Labute approximate surface area is 272 Å². The van der Waals surface area contributed by atoms with E-state index in [0.29, 0.717) is 28.1 Å². The molecule has 4 amide bonds. The van der Waals surface area contributed by atoms with Crippen LogP contribution in [0.2, 0.25) is 0 Å². The van der Waals surface area contributed by atoms with Crippen LogP contribution in [0.25, 0.3) is 0 Å². The molecule has 11 heteroatoms. The summed E-state index contributed by atoms with van der Waals surface area (Å²) >= 11 is 0. The highest BCUT2D eigenvalue weighted by atomic mass is 16.4. The molecule has 2 unspecified atom stereocenters. The molecule has 1 aliphatic rings. The maximum absolute atomic E-state index is 14.9. The summed E-state index contributed by atoms with van der Waals surface area (Å²) in [5, 5.41) is 14.6. The number of nitrogens with zero attached hydrogens (tertiary/aromatic N) is 3. The first-order valence-electron chi connectivity index (χ1n) is 15.0. The minimum absolute atomic E-state index is 0.0252. The lowest BCUT2D eigenvalue weighted by molar-refractivity contribution is -0.131. The average molecular weight is 633 g/mol. The molecule has 47 heavy (non-hydrogen) atoms. The molecule has 0 saturated heterocycles. The summed E-state index contributed by atoms with van der Waals surface area (Å²) in [6.07, 6.45) is -1.52. The number of aliphatic imine (C=N–C) groups is 1. The number of benzodiazepines with no additional fused rings is 1. The van der Waals surface area contributed by atoms with E-state index >= 15 is 0 Å². The van der Waals surface area contributed by atoms with Crippen LogP contribution in [0.3, 0.4) is 0 Å². The number of aromatic carboxylic acids is 1. The number of benzene rings is 4. The molecule has 4 aromatic carbocycles. The lowest BCUT2D eigenvalue weighted by Crippen LogP contribution is -2.64. The van der Waals surface area contributed by atoms with Gasteiger partial charge in [0.15, 0.2) is 5.54 Å². The summed E-state index contributed by atoms with van der Waals surface area (Å²) in [6.45, 7) is 3.63. The lowest BCUT2D eigenvalue weighted by Gasteiger charge is -2.45. The molecule has 0 bridgehead atoms. The molecule has 1 heterocycles. The van der Waals surface area contributed by atoms with Gasteiger partial charge >= 0.3 is 12.0 Å². The van der Waals surface area contributed by atoms with Crippen molar-refractivity contribution >= 4 is 46.6 Å². The second-order valence-electron chi connectivity index (χ2n) is 11.6. The number of rotatable bonds is 9. The summed E-state index contributed by atoms with van der Waals surface area (Å²) in [5.41, 5.74) is 8.20. The van der Waals surface area contributed by atoms with E-state index in [1.165, 1.54) is 29.2 Å². The molecule has 0 spiro atoms. The van der Waals surface area contributed by atoms with Crippen molar-refractivity contribution in [2.45, 2.75) is 25.6 Å². The Hall–Kier alpha value is -5.97.